The largest absolute Gasteiger partial charge is 0.333 e. The van der Waals surface area contributed by atoms with Crippen LogP contribution in [0.25, 0.3) is 21.0 Å². The summed E-state index contributed by atoms with van der Waals surface area (Å²) in [4.78, 5) is 23.9. The Labute approximate surface area is 153 Å². The van der Waals surface area contributed by atoms with Gasteiger partial charge in [0.1, 0.15) is 11.6 Å². The molecule has 0 unspecified atom stereocenters. The van der Waals surface area contributed by atoms with Crippen LogP contribution >= 0.6 is 11.3 Å². The zero-order valence-electron chi connectivity index (χ0n) is 14.4. The fourth-order valence-corrected chi connectivity index (χ4v) is 4.04. The van der Waals surface area contributed by atoms with Crippen LogP contribution in [0, 0.1) is 12.7 Å². The number of hydrogen-bond donors (Lipinski definition) is 0. The number of hydrogen-bond acceptors (Lipinski definition) is 4. The summed E-state index contributed by atoms with van der Waals surface area (Å²) in [6.07, 6.45) is 0. The van der Waals surface area contributed by atoms with E-state index in [-0.39, 0.29) is 11.7 Å². The number of para-hydroxylation sites is 1. The molecule has 0 N–H and O–H groups in total. The maximum absolute atomic E-state index is 13.9. The summed E-state index contributed by atoms with van der Waals surface area (Å²) in [6, 6.07) is 14.3. The first-order chi connectivity index (χ1) is 12.5. The molecule has 0 bridgehead atoms. The van der Waals surface area contributed by atoms with Crippen LogP contribution in [-0.2, 0) is 6.54 Å². The highest BCUT2D eigenvalue weighted by Gasteiger charge is 2.18. The van der Waals surface area contributed by atoms with E-state index in [2.05, 4.69) is 9.97 Å². The normalized spacial score (nSPS) is 11.2. The van der Waals surface area contributed by atoms with Crippen molar-refractivity contribution >= 4 is 38.2 Å². The quantitative estimate of drug-likeness (QED) is 0.534. The van der Waals surface area contributed by atoms with Crippen molar-refractivity contribution in [3.05, 3.63) is 70.7 Å². The maximum atomic E-state index is 13.9. The van der Waals surface area contributed by atoms with E-state index in [1.807, 2.05) is 37.3 Å². The molecule has 2 heterocycles. The van der Waals surface area contributed by atoms with Crippen molar-refractivity contribution in [2.45, 2.75) is 13.5 Å². The highest BCUT2D eigenvalue weighted by atomic mass is 32.1. The van der Waals surface area contributed by atoms with Gasteiger partial charge < -0.3 is 4.90 Å². The summed E-state index contributed by atoms with van der Waals surface area (Å²) in [7, 11) is 1.71. The standard InChI is InChI=1S/C20H16FN3OS/c1-12-13-6-3-4-8-16(13)23-19(22-12)11-24(2)20(25)18-10-14-15(21)7-5-9-17(14)26-18/h3-10H,11H2,1-2H3. The number of amides is 1. The van der Waals surface area contributed by atoms with Gasteiger partial charge in [-0.3, -0.25) is 4.79 Å². The van der Waals surface area contributed by atoms with Crippen LogP contribution in [-0.4, -0.2) is 27.8 Å². The molecule has 26 heavy (non-hydrogen) atoms. The molecule has 2 aromatic carbocycles. The van der Waals surface area contributed by atoms with Crippen LogP contribution < -0.4 is 0 Å². The van der Waals surface area contributed by atoms with Gasteiger partial charge in [0.15, 0.2) is 0 Å². The maximum Gasteiger partial charge on any atom is 0.264 e. The molecule has 0 saturated carbocycles. The average Bonchev–Trinajstić information content (AvgIpc) is 3.07. The van der Waals surface area contributed by atoms with Crippen LogP contribution in [0.3, 0.4) is 0 Å². The first-order valence-electron chi connectivity index (χ1n) is 8.19. The van der Waals surface area contributed by atoms with Crippen molar-refractivity contribution in [2.24, 2.45) is 0 Å². The lowest BCUT2D eigenvalue weighted by atomic mass is 10.2. The Bertz CT molecular complexity index is 1140. The van der Waals surface area contributed by atoms with E-state index in [1.165, 1.54) is 17.4 Å². The Morgan fingerprint density at radius 2 is 1.92 bits per heavy atom. The van der Waals surface area contributed by atoms with E-state index >= 15 is 0 Å². The Morgan fingerprint density at radius 1 is 1.12 bits per heavy atom. The molecule has 0 spiro atoms. The molecular weight excluding hydrogens is 349 g/mol. The monoisotopic (exact) mass is 365 g/mol. The molecular formula is C20H16FN3OS. The zero-order valence-corrected chi connectivity index (χ0v) is 15.2. The second-order valence-corrected chi connectivity index (χ2v) is 7.25. The fraction of sp³-hybridized carbons (Fsp3) is 0.150. The molecule has 130 valence electrons. The van der Waals surface area contributed by atoms with E-state index in [0.717, 1.165) is 21.3 Å². The van der Waals surface area contributed by atoms with Gasteiger partial charge in [-0.15, -0.1) is 11.3 Å². The van der Waals surface area contributed by atoms with E-state index < -0.39 is 0 Å². The molecule has 4 rings (SSSR count). The van der Waals surface area contributed by atoms with Crippen molar-refractivity contribution < 1.29 is 9.18 Å². The lowest BCUT2D eigenvalue weighted by molar-refractivity contribution is 0.0786. The molecule has 0 fully saturated rings. The van der Waals surface area contributed by atoms with Crippen LogP contribution in [0.2, 0.25) is 0 Å². The summed E-state index contributed by atoms with van der Waals surface area (Å²) in [6.45, 7) is 2.23. The minimum Gasteiger partial charge on any atom is -0.333 e. The lowest BCUT2D eigenvalue weighted by Crippen LogP contribution is -2.26. The van der Waals surface area contributed by atoms with Crippen LogP contribution in [0.4, 0.5) is 4.39 Å². The minimum absolute atomic E-state index is 0.167. The Morgan fingerprint density at radius 3 is 2.73 bits per heavy atom. The lowest BCUT2D eigenvalue weighted by Gasteiger charge is -2.16. The van der Waals surface area contributed by atoms with Gasteiger partial charge in [0.25, 0.3) is 5.91 Å². The van der Waals surface area contributed by atoms with E-state index in [1.54, 1.807) is 24.1 Å². The molecule has 0 aliphatic heterocycles. The third-order valence-corrected chi connectivity index (χ3v) is 5.37. The highest BCUT2D eigenvalue weighted by Crippen LogP contribution is 2.28. The van der Waals surface area contributed by atoms with Gasteiger partial charge in [-0.2, -0.15) is 0 Å². The van der Waals surface area contributed by atoms with Gasteiger partial charge in [0, 0.05) is 28.2 Å². The number of aromatic nitrogens is 2. The van der Waals surface area contributed by atoms with Crippen molar-refractivity contribution in [3.63, 3.8) is 0 Å². The average molecular weight is 365 g/mol. The topological polar surface area (TPSA) is 46.1 Å². The summed E-state index contributed by atoms with van der Waals surface area (Å²) in [5.41, 5.74) is 1.75. The van der Waals surface area contributed by atoms with Gasteiger partial charge in [-0.05, 0) is 31.2 Å². The van der Waals surface area contributed by atoms with E-state index in [0.29, 0.717) is 22.6 Å². The van der Waals surface area contributed by atoms with Crippen LogP contribution in [0.15, 0.2) is 48.5 Å². The summed E-state index contributed by atoms with van der Waals surface area (Å²) < 4.78 is 14.6. The fourth-order valence-electron chi connectivity index (χ4n) is 2.97. The first-order valence-corrected chi connectivity index (χ1v) is 9.00. The second kappa shape index (κ2) is 6.46. The second-order valence-electron chi connectivity index (χ2n) is 6.17. The van der Waals surface area contributed by atoms with Crippen molar-refractivity contribution in [1.29, 1.82) is 0 Å². The number of halogens is 1. The highest BCUT2D eigenvalue weighted by molar-refractivity contribution is 7.20. The van der Waals surface area contributed by atoms with Crippen LogP contribution in [0.1, 0.15) is 21.2 Å². The Hall–Kier alpha value is -2.86. The summed E-state index contributed by atoms with van der Waals surface area (Å²) in [5.74, 6) is 0.110. The summed E-state index contributed by atoms with van der Waals surface area (Å²) >= 11 is 1.29. The molecule has 6 heteroatoms. The number of carbonyl (C=O) groups excluding carboxylic acids is 1. The van der Waals surface area contributed by atoms with Gasteiger partial charge in [0.2, 0.25) is 0 Å². The zero-order chi connectivity index (χ0) is 18.3. The molecule has 0 atom stereocenters. The molecule has 0 saturated heterocycles. The molecule has 0 aliphatic rings. The van der Waals surface area contributed by atoms with Gasteiger partial charge >= 0.3 is 0 Å². The molecule has 0 radical (unpaired) electrons. The molecule has 1 amide bonds. The van der Waals surface area contributed by atoms with Gasteiger partial charge in [0.05, 0.1) is 16.9 Å². The predicted octanol–water partition coefficient (Wildman–Crippen LogP) is 4.56. The van der Waals surface area contributed by atoms with Crippen LogP contribution in [0.5, 0.6) is 0 Å². The number of rotatable bonds is 3. The smallest absolute Gasteiger partial charge is 0.264 e. The van der Waals surface area contributed by atoms with Crippen molar-refractivity contribution in [3.8, 4) is 0 Å². The third-order valence-electron chi connectivity index (χ3n) is 4.28. The summed E-state index contributed by atoms with van der Waals surface area (Å²) in [5, 5.41) is 1.48. The Kier molecular flexibility index (Phi) is 4.12. The van der Waals surface area contributed by atoms with Gasteiger partial charge in [-0.1, -0.05) is 24.3 Å². The van der Waals surface area contributed by atoms with E-state index in [4.69, 9.17) is 0 Å². The number of carbonyl (C=O) groups is 1. The third kappa shape index (κ3) is 2.93. The Balaban J connectivity index is 1.62. The number of thiophene rings is 1. The number of fused-ring (bicyclic) bond motifs is 2. The molecule has 0 aliphatic carbocycles. The molecule has 4 nitrogen and oxygen atoms in total. The minimum atomic E-state index is -0.311. The van der Waals surface area contributed by atoms with Crippen molar-refractivity contribution in [1.82, 2.24) is 14.9 Å². The molecule has 4 aromatic rings. The SMILES string of the molecule is Cc1nc(CN(C)C(=O)c2cc3c(F)cccc3s2)nc2ccccc12. The van der Waals surface area contributed by atoms with E-state index in [9.17, 15) is 9.18 Å². The number of benzene rings is 2. The molecule has 2 aromatic heterocycles. The number of aryl methyl sites for hydroxylation is 1. The number of nitrogens with zero attached hydrogens (tertiary/aromatic N) is 3. The predicted molar refractivity (Wildman–Crippen MR) is 102 cm³/mol. The van der Waals surface area contributed by atoms with Gasteiger partial charge in [-0.25, -0.2) is 14.4 Å². The first kappa shape index (κ1) is 16.6. The van der Waals surface area contributed by atoms with Crippen molar-refractivity contribution in [2.75, 3.05) is 7.05 Å².